The van der Waals surface area contributed by atoms with Crippen molar-refractivity contribution in [3.05, 3.63) is 22.7 Å². The van der Waals surface area contributed by atoms with Gasteiger partial charge in [-0.25, -0.2) is 8.42 Å². The molecule has 1 atom stereocenters. The second kappa shape index (κ2) is 6.85. The average molecular weight is 334 g/mol. The van der Waals surface area contributed by atoms with Crippen LogP contribution in [0.4, 0.5) is 0 Å². The van der Waals surface area contributed by atoms with E-state index in [1.807, 2.05) is 13.0 Å². The highest BCUT2D eigenvalue weighted by atomic mass is 35.5. The molecule has 1 aliphatic heterocycles. The summed E-state index contributed by atoms with van der Waals surface area (Å²) in [5, 5.41) is 3.74. The maximum Gasteiger partial charge on any atom is 0.179 e. The Morgan fingerprint density at radius 2 is 2.19 bits per heavy atom. The largest absolute Gasteiger partial charge is 0.491 e. The quantitative estimate of drug-likeness (QED) is 0.863. The van der Waals surface area contributed by atoms with Gasteiger partial charge in [0.25, 0.3) is 0 Å². The van der Waals surface area contributed by atoms with Crippen molar-refractivity contribution in [2.45, 2.75) is 25.9 Å². The third kappa shape index (κ3) is 4.25. The average Bonchev–Trinajstić information content (AvgIpc) is 2.76. The molecule has 118 valence electrons. The normalized spacial score (nSPS) is 20.4. The van der Waals surface area contributed by atoms with Crippen molar-refractivity contribution in [2.75, 3.05) is 25.2 Å². The zero-order valence-corrected chi connectivity index (χ0v) is 13.8. The number of ether oxygens (including phenoxy) is 2. The van der Waals surface area contributed by atoms with Crippen molar-refractivity contribution < 1.29 is 17.9 Å². The smallest absolute Gasteiger partial charge is 0.179 e. The molecule has 0 spiro atoms. The molecular formula is C14H20ClNO4S. The Bertz CT molecular complexity index is 603. The van der Waals surface area contributed by atoms with E-state index < -0.39 is 9.84 Å². The lowest BCUT2D eigenvalue weighted by Crippen LogP contribution is -2.29. The van der Waals surface area contributed by atoms with Crippen LogP contribution in [-0.2, 0) is 16.4 Å². The number of rotatable bonds is 6. The van der Waals surface area contributed by atoms with E-state index in [-0.39, 0.29) is 17.5 Å². The van der Waals surface area contributed by atoms with E-state index in [2.05, 4.69) is 5.32 Å². The van der Waals surface area contributed by atoms with E-state index in [9.17, 15) is 8.42 Å². The van der Waals surface area contributed by atoms with Gasteiger partial charge in [0, 0.05) is 12.6 Å². The Morgan fingerprint density at radius 1 is 1.43 bits per heavy atom. The first-order chi connectivity index (χ1) is 9.95. The molecule has 21 heavy (non-hydrogen) atoms. The summed E-state index contributed by atoms with van der Waals surface area (Å²) in [6.45, 7) is 2.95. The first-order valence-corrected chi connectivity index (χ1v) is 9.08. The summed E-state index contributed by atoms with van der Waals surface area (Å²) in [5.74, 6) is 1.59. The van der Waals surface area contributed by atoms with E-state index >= 15 is 0 Å². The number of hydrogen-bond acceptors (Lipinski definition) is 5. The Balaban J connectivity index is 2.06. The van der Waals surface area contributed by atoms with E-state index in [1.54, 1.807) is 13.2 Å². The highest BCUT2D eigenvalue weighted by molar-refractivity contribution is 7.91. The fourth-order valence-electron chi connectivity index (χ4n) is 2.40. The summed E-state index contributed by atoms with van der Waals surface area (Å²) in [5.41, 5.74) is 0.938. The van der Waals surface area contributed by atoms with Crippen LogP contribution in [0, 0.1) is 0 Å². The van der Waals surface area contributed by atoms with Crippen LogP contribution in [0.3, 0.4) is 0 Å². The molecule has 1 saturated heterocycles. The standard InChI is InChI=1S/C14H20ClNO4S/c1-3-20-13-7-10(6-12(15)14(13)19-2)8-16-11-4-5-21(17,18)9-11/h6-7,11,16H,3-5,8-9H2,1-2H3. The van der Waals surface area contributed by atoms with Crippen LogP contribution in [0.5, 0.6) is 11.5 Å². The van der Waals surface area contributed by atoms with Crippen molar-refractivity contribution in [1.82, 2.24) is 5.32 Å². The first kappa shape index (κ1) is 16.4. The van der Waals surface area contributed by atoms with Gasteiger partial charge in [-0.3, -0.25) is 0 Å². The fourth-order valence-corrected chi connectivity index (χ4v) is 4.42. The van der Waals surface area contributed by atoms with Crippen molar-refractivity contribution >= 4 is 21.4 Å². The van der Waals surface area contributed by atoms with Crippen molar-refractivity contribution in [3.63, 3.8) is 0 Å². The molecule has 1 aromatic rings. The van der Waals surface area contributed by atoms with Gasteiger partial charge in [-0.1, -0.05) is 11.6 Å². The van der Waals surface area contributed by atoms with Crippen molar-refractivity contribution in [3.8, 4) is 11.5 Å². The van der Waals surface area contributed by atoms with Crippen LogP contribution in [0.25, 0.3) is 0 Å². The predicted octanol–water partition coefficient (Wildman–Crippen LogP) is 2.02. The van der Waals surface area contributed by atoms with Gasteiger partial charge in [0.2, 0.25) is 0 Å². The Hall–Kier alpha value is -0.980. The molecular weight excluding hydrogens is 314 g/mol. The third-order valence-electron chi connectivity index (χ3n) is 3.40. The van der Waals surface area contributed by atoms with Crippen LogP contribution < -0.4 is 14.8 Å². The zero-order valence-electron chi connectivity index (χ0n) is 12.2. The third-order valence-corrected chi connectivity index (χ3v) is 5.45. The number of nitrogens with one attached hydrogen (secondary N) is 1. The predicted molar refractivity (Wildman–Crippen MR) is 83.1 cm³/mol. The molecule has 1 fully saturated rings. The SMILES string of the molecule is CCOc1cc(CNC2CCS(=O)(=O)C2)cc(Cl)c1OC. The Morgan fingerprint density at radius 3 is 2.76 bits per heavy atom. The van der Waals surface area contributed by atoms with Crippen LogP contribution in [0.1, 0.15) is 18.9 Å². The number of hydrogen-bond donors (Lipinski definition) is 1. The summed E-state index contributed by atoms with van der Waals surface area (Å²) in [4.78, 5) is 0. The van der Waals surface area contributed by atoms with Crippen molar-refractivity contribution in [2.24, 2.45) is 0 Å². The summed E-state index contributed by atoms with van der Waals surface area (Å²) in [7, 11) is -1.32. The molecule has 1 unspecified atom stereocenters. The molecule has 0 bridgehead atoms. The molecule has 0 saturated carbocycles. The Labute approximate surface area is 130 Å². The molecule has 1 aromatic carbocycles. The maximum absolute atomic E-state index is 11.4. The monoisotopic (exact) mass is 333 g/mol. The van der Waals surface area contributed by atoms with E-state index in [0.717, 1.165) is 5.56 Å². The highest BCUT2D eigenvalue weighted by Crippen LogP contribution is 2.36. The van der Waals surface area contributed by atoms with Crippen LogP contribution in [0.2, 0.25) is 5.02 Å². The molecule has 7 heteroatoms. The van der Waals surface area contributed by atoms with Crippen LogP contribution >= 0.6 is 11.6 Å². The molecule has 2 rings (SSSR count). The minimum atomic E-state index is -2.87. The van der Waals surface area contributed by atoms with Gasteiger partial charge in [-0.05, 0) is 31.0 Å². The summed E-state index contributed by atoms with van der Waals surface area (Å²) in [6.07, 6.45) is 0.657. The van der Waals surface area contributed by atoms with Crippen molar-refractivity contribution in [1.29, 1.82) is 0 Å². The molecule has 0 aromatic heterocycles. The molecule has 1 aliphatic rings. The van der Waals surface area contributed by atoms with Gasteiger partial charge in [0.1, 0.15) is 0 Å². The molecule has 0 radical (unpaired) electrons. The zero-order chi connectivity index (χ0) is 15.5. The fraction of sp³-hybridized carbons (Fsp3) is 0.571. The van der Waals surface area contributed by atoms with Gasteiger partial charge in [-0.2, -0.15) is 0 Å². The van der Waals surface area contributed by atoms with Gasteiger partial charge in [-0.15, -0.1) is 0 Å². The summed E-state index contributed by atoms with van der Waals surface area (Å²) < 4.78 is 33.6. The topological polar surface area (TPSA) is 64.6 Å². The minimum Gasteiger partial charge on any atom is -0.491 e. The maximum atomic E-state index is 11.4. The minimum absolute atomic E-state index is 0.00595. The lowest BCUT2D eigenvalue weighted by molar-refractivity contribution is 0.310. The van der Waals surface area contributed by atoms with Crippen LogP contribution in [0.15, 0.2) is 12.1 Å². The van der Waals surface area contributed by atoms with Gasteiger partial charge in [0.15, 0.2) is 21.3 Å². The number of benzene rings is 1. The lowest BCUT2D eigenvalue weighted by atomic mass is 10.1. The highest BCUT2D eigenvalue weighted by Gasteiger charge is 2.27. The van der Waals surface area contributed by atoms with Gasteiger partial charge < -0.3 is 14.8 Å². The van der Waals surface area contributed by atoms with Gasteiger partial charge in [0.05, 0.1) is 30.2 Å². The second-order valence-corrected chi connectivity index (χ2v) is 7.66. The van der Waals surface area contributed by atoms with E-state index in [0.29, 0.717) is 36.1 Å². The van der Waals surface area contributed by atoms with Crippen LogP contribution in [-0.4, -0.2) is 39.7 Å². The molecule has 1 heterocycles. The van der Waals surface area contributed by atoms with E-state index in [1.165, 1.54) is 0 Å². The van der Waals surface area contributed by atoms with E-state index in [4.69, 9.17) is 21.1 Å². The molecule has 0 aliphatic carbocycles. The Kier molecular flexibility index (Phi) is 5.35. The summed E-state index contributed by atoms with van der Waals surface area (Å²) in [6, 6.07) is 3.68. The molecule has 5 nitrogen and oxygen atoms in total. The molecule has 1 N–H and O–H groups in total. The summed E-state index contributed by atoms with van der Waals surface area (Å²) >= 11 is 6.18. The number of sulfone groups is 1. The number of halogens is 1. The lowest BCUT2D eigenvalue weighted by Gasteiger charge is -2.15. The second-order valence-electron chi connectivity index (χ2n) is 5.02. The number of methoxy groups -OCH3 is 1. The van der Waals surface area contributed by atoms with Gasteiger partial charge >= 0.3 is 0 Å². The first-order valence-electron chi connectivity index (χ1n) is 6.88. The molecule has 0 amide bonds.